The van der Waals surface area contributed by atoms with Gasteiger partial charge in [-0.2, -0.15) is 0 Å². The molecule has 86 valence electrons. The molecule has 1 aliphatic rings. The van der Waals surface area contributed by atoms with E-state index in [9.17, 15) is 5.02 Å². The maximum absolute atomic E-state index is 9.75. The standard InChI is InChI=1S/C10H11BN4O2/c16-11-10-8(2-1-3-9(10)6-17-11)4-5-15-7-12-13-14-15/h1-3,7,16H,4-6H2. The molecule has 1 N–H and O–H groups in total. The second-order valence-electron chi connectivity index (χ2n) is 3.98. The Morgan fingerprint density at radius 3 is 3.24 bits per heavy atom. The lowest BCUT2D eigenvalue weighted by Crippen LogP contribution is -2.31. The van der Waals surface area contributed by atoms with Crippen LogP contribution in [-0.2, 0) is 24.2 Å². The summed E-state index contributed by atoms with van der Waals surface area (Å²) in [6.07, 6.45) is 2.35. The first kappa shape index (κ1) is 10.4. The zero-order chi connectivity index (χ0) is 11.7. The monoisotopic (exact) mass is 230 g/mol. The Labute approximate surface area is 98.4 Å². The highest BCUT2D eigenvalue weighted by Gasteiger charge is 2.29. The first-order valence-corrected chi connectivity index (χ1v) is 5.46. The van der Waals surface area contributed by atoms with Crippen molar-refractivity contribution in [2.75, 3.05) is 0 Å². The van der Waals surface area contributed by atoms with Crippen LogP contribution < -0.4 is 5.46 Å². The quantitative estimate of drug-likeness (QED) is 0.694. The lowest BCUT2D eigenvalue weighted by molar-refractivity contribution is 0.275. The molecule has 1 aromatic carbocycles. The molecule has 0 saturated heterocycles. The summed E-state index contributed by atoms with van der Waals surface area (Å²) in [5.41, 5.74) is 3.05. The summed E-state index contributed by atoms with van der Waals surface area (Å²) in [5.74, 6) is 0. The van der Waals surface area contributed by atoms with Crippen LogP contribution in [-0.4, -0.2) is 32.3 Å². The molecule has 2 heterocycles. The largest absolute Gasteiger partial charge is 0.492 e. The molecule has 0 fully saturated rings. The average Bonchev–Trinajstić information content (AvgIpc) is 2.97. The van der Waals surface area contributed by atoms with Gasteiger partial charge in [0.25, 0.3) is 0 Å². The molecule has 0 radical (unpaired) electrons. The Hall–Kier alpha value is -1.73. The Kier molecular flexibility index (Phi) is 2.62. The maximum atomic E-state index is 9.75. The van der Waals surface area contributed by atoms with E-state index in [4.69, 9.17) is 4.65 Å². The fourth-order valence-electron chi connectivity index (χ4n) is 2.10. The van der Waals surface area contributed by atoms with E-state index in [2.05, 4.69) is 15.5 Å². The zero-order valence-electron chi connectivity index (χ0n) is 9.15. The molecular formula is C10H11BN4O2. The molecule has 0 saturated carbocycles. The van der Waals surface area contributed by atoms with Crippen molar-refractivity contribution in [3.8, 4) is 0 Å². The van der Waals surface area contributed by atoms with Crippen LogP contribution >= 0.6 is 0 Å². The topological polar surface area (TPSA) is 73.1 Å². The molecule has 0 amide bonds. The number of aromatic nitrogens is 4. The van der Waals surface area contributed by atoms with Crippen LogP contribution in [0, 0.1) is 0 Å². The van der Waals surface area contributed by atoms with Gasteiger partial charge in [-0.3, -0.25) is 0 Å². The maximum Gasteiger partial charge on any atom is 0.492 e. The van der Waals surface area contributed by atoms with Crippen molar-refractivity contribution >= 4 is 12.6 Å². The molecule has 3 rings (SSSR count). The lowest BCUT2D eigenvalue weighted by Gasteiger charge is -2.07. The zero-order valence-corrected chi connectivity index (χ0v) is 9.15. The Morgan fingerprint density at radius 1 is 1.47 bits per heavy atom. The highest BCUT2D eigenvalue weighted by atomic mass is 16.5. The molecule has 0 aliphatic carbocycles. The van der Waals surface area contributed by atoms with E-state index in [0.717, 1.165) is 23.0 Å². The minimum absolute atomic E-state index is 0.481. The molecular weight excluding hydrogens is 219 g/mol. The third-order valence-electron chi connectivity index (χ3n) is 2.93. The SMILES string of the molecule is OB1OCc2cccc(CCn3cnnn3)c21. The second kappa shape index (κ2) is 4.27. The van der Waals surface area contributed by atoms with E-state index < -0.39 is 7.12 Å². The summed E-state index contributed by atoms with van der Waals surface area (Å²) in [4.78, 5) is 0. The van der Waals surface area contributed by atoms with Gasteiger partial charge in [0, 0.05) is 6.54 Å². The Balaban J connectivity index is 1.82. The van der Waals surface area contributed by atoms with Crippen LogP contribution in [0.1, 0.15) is 11.1 Å². The molecule has 0 unspecified atom stereocenters. The summed E-state index contributed by atoms with van der Waals surface area (Å²) < 4.78 is 6.88. The van der Waals surface area contributed by atoms with Crippen LogP contribution in [0.5, 0.6) is 0 Å². The molecule has 0 spiro atoms. The smallest absolute Gasteiger partial charge is 0.423 e. The van der Waals surface area contributed by atoms with Gasteiger partial charge >= 0.3 is 7.12 Å². The van der Waals surface area contributed by atoms with Gasteiger partial charge < -0.3 is 9.68 Å². The van der Waals surface area contributed by atoms with Crippen LogP contribution in [0.25, 0.3) is 0 Å². The summed E-state index contributed by atoms with van der Waals surface area (Å²) in [6, 6.07) is 5.96. The second-order valence-corrected chi connectivity index (χ2v) is 3.98. The summed E-state index contributed by atoms with van der Waals surface area (Å²) in [7, 11) is -0.796. The highest BCUT2D eigenvalue weighted by molar-refractivity contribution is 6.62. The third-order valence-corrected chi connectivity index (χ3v) is 2.93. The fraction of sp³-hybridized carbons (Fsp3) is 0.300. The fourth-order valence-corrected chi connectivity index (χ4v) is 2.10. The van der Waals surface area contributed by atoms with E-state index in [1.807, 2.05) is 18.2 Å². The molecule has 0 bridgehead atoms. The van der Waals surface area contributed by atoms with Crippen LogP contribution in [0.4, 0.5) is 0 Å². The Morgan fingerprint density at radius 2 is 2.41 bits per heavy atom. The molecule has 2 aromatic rings. The van der Waals surface area contributed by atoms with Crippen molar-refractivity contribution in [2.45, 2.75) is 19.6 Å². The van der Waals surface area contributed by atoms with Crippen LogP contribution in [0.2, 0.25) is 0 Å². The van der Waals surface area contributed by atoms with Gasteiger partial charge in [0.05, 0.1) is 6.61 Å². The number of fused-ring (bicyclic) bond motifs is 1. The van der Waals surface area contributed by atoms with E-state index in [1.54, 1.807) is 11.0 Å². The molecule has 6 nitrogen and oxygen atoms in total. The molecule has 1 aliphatic heterocycles. The minimum Gasteiger partial charge on any atom is -0.423 e. The number of tetrazole rings is 1. The molecule has 17 heavy (non-hydrogen) atoms. The van der Waals surface area contributed by atoms with Crippen molar-refractivity contribution < 1.29 is 9.68 Å². The van der Waals surface area contributed by atoms with E-state index in [1.165, 1.54) is 0 Å². The lowest BCUT2D eigenvalue weighted by atomic mass is 9.75. The summed E-state index contributed by atoms with van der Waals surface area (Å²) >= 11 is 0. The number of benzene rings is 1. The first-order valence-electron chi connectivity index (χ1n) is 5.46. The molecule has 7 heteroatoms. The van der Waals surface area contributed by atoms with Gasteiger partial charge in [0.1, 0.15) is 6.33 Å². The summed E-state index contributed by atoms with van der Waals surface area (Å²) in [6.45, 7) is 1.17. The highest BCUT2D eigenvalue weighted by Crippen LogP contribution is 2.13. The number of aryl methyl sites for hydroxylation is 2. The van der Waals surface area contributed by atoms with E-state index in [0.29, 0.717) is 13.2 Å². The number of rotatable bonds is 3. The van der Waals surface area contributed by atoms with Crippen LogP contribution in [0.3, 0.4) is 0 Å². The van der Waals surface area contributed by atoms with Gasteiger partial charge in [0.15, 0.2) is 0 Å². The van der Waals surface area contributed by atoms with Crippen molar-refractivity contribution in [3.63, 3.8) is 0 Å². The summed E-state index contributed by atoms with van der Waals surface area (Å²) in [5, 5.41) is 20.7. The van der Waals surface area contributed by atoms with Gasteiger partial charge in [-0.15, -0.1) is 5.10 Å². The first-order chi connectivity index (χ1) is 8.34. The van der Waals surface area contributed by atoms with E-state index >= 15 is 0 Å². The minimum atomic E-state index is -0.796. The van der Waals surface area contributed by atoms with Gasteiger partial charge in [-0.1, -0.05) is 18.2 Å². The van der Waals surface area contributed by atoms with Crippen molar-refractivity contribution in [3.05, 3.63) is 35.7 Å². The van der Waals surface area contributed by atoms with E-state index in [-0.39, 0.29) is 0 Å². The van der Waals surface area contributed by atoms with Gasteiger partial charge in [-0.05, 0) is 33.4 Å². The third kappa shape index (κ3) is 1.94. The average molecular weight is 230 g/mol. The number of nitrogens with zero attached hydrogens (tertiary/aromatic N) is 4. The predicted molar refractivity (Wildman–Crippen MR) is 60.4 cm³/mol. The van der Waals surface area contributed by atoms with Crippen molar-refractivity contribution in [2.24, 2.45) is 0 Å². The molecule has 0 atom stereocenters. The van der Waals surface area contributed by atoms with Crippen LogP contribution in [0.15, 0.2) is 24.5 Å². The Bertz CT molecular complexity index is 517. The molecule has 1 aromatic heterocycles. The van der Waals surface area contributed by atoms with Crippen molar-refractivity contribution in [1.29, 1.82) is 0 Å². The number of hydrogen-bond acceptors (Lipinski definition) is 5. The van der Waals surface area contributed by atoms with Gasteiger partial charge in [-0.25, -0.2) is 4.68 Å². The van der Waals surface area contributed by atoms with Crippen molar-refractivity contribution in [1.82, 2.24) is 20.2 Å². The predicted octanol–water partition coefficient (Wildman–Crippen LogP) is -0.867. The normalized spacial score (nSPS) is 14.1. The number of hydrogen-bond donors (Lipinski definition) is 1. The van der Waals surface area contributed by atoms with Gasteiger partial charge in [0.2, 0.25) is 0 Å².